The molecule has 0 saturated carbocycles. The molecule has 4 aromatic carbocycles. The van der Waals surface area contributed by atoms with Crippen LogP contribution < -0.4 is 4.90 Å². The average molecular weight is 466 g/mol. The van der Waals surface area contributed by atoms with E-state index in [9.17, 15) is 0 Å². The van der Waals surface area contributed by atoms with Crippen molar-refractivity contribution in [2.24, 2.45) is 0 Å². The van der Waals surface area contributed by atoms with Crippen LogP contribution in [0.2, 0.25) is 0 Å². The summed E-state index contributed by atoms with van der Waals surface area (Å²) in [6.07, 6.45) is 2.34. The molecule has 0 N–H and O–H groups in total. The summed E-state index contributed by atoms with van der Waals surface area (Å²) in [5, 5.41) is 1.05. The first-order chi connectivity index (χ1) is 15.4. The molecule has 2 heteroatoms. The summed E-state index contributed by atoms with van der Waals surface area (Å²) in [6, 6.07) is 36.1. The van der Waals surface area contributed by atoms with Crippen LogP contribution in [0.3, 0.4) is 0 Å². The van der Waals surface area contributed by atoms with E-state index in [1.807, 2.05) is 0 Å². The summed E-state index contributed by atoms with van der Waals surface area (Å²) in [4.78, 5) is 2.54. The van der Waals surface area contributed by atoms with Gasteiger partial charge in [-0.25, -0.2) is 0 Å². The lowest BCUT2D eigenvalue weighted by molar-refractivity contribution is 0.716. The number of hydrogen-bond donors (Lipinski definition) is 0. The maximum Gasteiger partial charge on any atom is 0.0754 e. The lowest BCUT2D eigenvalue weighted by Gasteiger charge is -2.45. The number of para-hydroxylation sites is 2. The van der Waals surface area contributed by atoms with Crippen LogP contribution in [0.5, 0.6) is 0 Å². The van der Waals surface area contributed by atoms with Gasteiger partial charge >= 0.3 is 0 Å². The highest BCUT2D eigenvalue weighted by atomic mass is 79.9. The predicted molar refractivity (Wildman–Crippen MR) is 134 cm³/mol. The Morgan fingerprint density at radius 1 is 0.548 bits per heavy atom. The second-order valence-electron chi connectivity index (χ2n) is 8.42. The van der Waals surface area contributed by atoms with E-state index in [1.54, 1.807) is 0 Å². The van der Waals surface area contributed by atoms with Gasteiger partial charge in [0, 0.05) is 23.2 Å². The molecule has 0 atom stereocenters. The Bertz CT molecular complexity index is 1180. The minimum Gasteiger partial charge on any atom is -0.341 e. The minimum absolute atomic E-state index is 0.272. The molecule has 1 spiro atoms. The number of nitrogens with zero attached hydrogens (tertiary/aromatic N) is 1. The van der Waals surface area contributed by atoms with Gasteiger partial charge in [-0.1, -0.05) is 101 Å². The van der Waals surface area contributed by atoms with Crippen LogP contribution in [-0.4, -0.2) is 11.9 Å². The van der Waals surface area contributed by atoms with Crippen LogP contribution in [0.1, 0.15) is 35.1 Å². The number of halogens is 1. The SMILES string of the molecule is BrCCCCN1c2ccccc2C2(c3ccccc3-c3ccccc32)c2ccccc21. The third-order valence-corrected chi connectivity index (χ3v) is 7.48. The number of rotatable bonds is 4. The van der Waals surface area contributed by atoms with Crippen molar-refractivity contribution in [3.63, 3.8) is 0 Å². The van der Waals surface area contributed by atoms with Crippen molar-refractivity contribution in [3.8, 4) is 11.1 Å². The van der Waals surface area contributed by atoms with E-state index in [0.717, 1.165) is 18.3 Å². The van der Waals surface area contributed by atoms with Gasteiger partial charge in [-0.15, -0.1) is 0 Å². The van der Waals surface area contributed by atoms with Gasteiger partial charge in [0.25, 0.3) is 0 Å². The summed E-state index contributed by atoms with van der Waals surface area (Å²) in [5.41, 5.74) is 10.7. The van der Waals surface area contributed by atoms with Crippen molar-refractivity contribution in [2.75, 3.05) is 16.8 Å². The van der Waals surface area contributed by atoms with Crippen molar-refractivity contribution in [3.05, 3.63) is 119 Å². The van der Waals surface area contributed by atoms with E-state index in [4.69, 9.17) is 0 Å². The van der Waals surface area contributed by atoms with Gasteiger partial charge in [0.1, 0.15) is 0 Å². The van der Waals surface area contributed by atoms with Gasteiger partial charge in [-0.2, -0.15) is 0 Å². The Morgan fingerprint density at radius 3 is 1.52 bits per heavy atom. The Hall–Kier alpha value is -2.84. The molecule has 1 heterocycles. The molecule has 4 aromatic rings. The number of hydrogen-bond acceptors (Lipinski definition) is 1. The number of unbranched alkanes of at least 4 members (excludes halogenated alkanes) is 1. The van der Waals surface area contributed by atoms with Crippen LogP contribution in [0.4, 0.5) is 11.4 Å². The molecule has 6 rings (SSSR count). The maximum atomic E-state index is 3.60. The summed E-state index contributed by atoms with van der Waals surface area (Å²) in [7, 11) is 0. The van der Waals surface area contributed by atoms with E-state index in [-0.39, 0.29) is 5.41 Å². The normalized spacial score (nSPS) is 14.7. The first kappa shape index (κ1) is 18.9. The number of alkyl halides is 1. The summed E-state index contributed by atoms with van der Waals surface area (Å²) < 4.78 is 0. The van der Waals surface area contributed by atoms with Gasteiger partial charge in [0.15, 0.2) is 0 Å². The van der Waals surface area contributed by atoms with Gasteiger partial charge in [0.05, 0.1) is 5.41 Å². The number of benzene rings is 4. The summed E-state index contributed by atoms with van der Waals surface area (Å²) >= 11 is 3.60. The second kappa shape index (κ2) is 7.39. The van der Waals surface area contributed by atoms with Crippen LogP contribution >= 0.6 is 15.9 Å². The molecule has 0 bridgehead atoms. The van der Waals surface area contributed by atoms with Crippen LogP contribution in [0.25, 0.3) is 11.1 Å². The van der Waals surface area contributed by atoms with E-state index in [0.29, 0.717) is 0 Å². The molecule has 0 unspecified atom stereocenters. The number of fused-ring (bicyclic) bond motifs is 9. The fraction of sp³-hybridized carbons (Fsp3) is 0.172. The molecule has 2 aliphatic rings. The molecule has 0 radical (unpaired) electrons. The van der Waals surface area contributed by atoms with E-state index in [1.165, 1.54) is 51.2 Å². The first-order valence-electron chi connectivity index (χ1n) is 11.1. The smallest absolute Gasteiger partial charge is 0.0754 e. The van der Waals surface area contributed by atoms with Gasteiger partial charge in [0.2, 0.25) is 0 Å². The quantitative estimate of drug-likeness (QED) is 0.194. The monoisotopic (exact) mass is 465 g/mol. The van der Waals surface area contributed by atoms with Gasteiger partial charge < -0.3 is 4.90 Å². The molecular formula is C29H24BrN. The Morgan fingerprint density at radius 2 is 1.00 bits per heavy atom. The zero-order chi connectivity index (χ0) is 20.8. The van der Waals surface area contributed by atoms with Crippen molar-refractivity contribution in [1.82, 2.24) is 0 Å². The summed E-state index contributed by atoms with van der Waals surface area (Å²) in [5.74, 6) is 0. The van der Waals surface area contributed by atoms with Gasteiger partial charge in [-0.05, 0) is 58.4 Å². The standard InChI is InChI=1S/C29H24BrN/c30-19-9-10-20-31-27-17-7-5-15-25(27)29(26-16-6-8-18-28(26)31)23-13-3-1-11-21(23)22-12-2-4-14-24(22)29/h1-8,11-18H,9-10,19-20H2. The van der Waals surface area contributed by atoms with E-state index < -0.39 is 0 Å². The zero-order valence-electron chi connectivity index (χ0n) is 17.4. The fourth-order valence-electron chi connectivity index (χ4n) is 5.75. The Kier molecular flexibility index (Phi) is 4.50. The highest BCUT2D eigenvalue weighted by Crippen LogP contribution is 2.62. The zero-order valence-corrected chi connectivity index (χ0v) is 19.0. The highest BCUT2D eigenvalue weighted by molar-refractivity contribution is 9.09. The molecule has 0 aromatic heterocycles. The molecule has 1 aliphatic heterocycles. The number of anilines is 2. The van der Waals surface area contributed by atoms with Gasteiger partial charge in [-0.3, -0.25) is 0 Å². The molecule has 0 fully saturated rings. The topological polar surface area (TPSA) is 3.24 Å². The van der Waals surface area contributed by atoms with Crippen molar-refractivity contribution < 1.29 is 0 Å². The molecule has 152 valence electrons. The third kappa shape index (κ3) is 2.55. The maximum absolute atomic E-state index is 3.60. The molecule has 1 nitrogen and oxygen atoms in total. The molecular weight excluding hydrogens is 442 g/mol. The third-order valence-electron chi connectivity index (χ3n) is 6.92. The van der Waals surface area contributed by atoms with Crippen LogP contribution in [0, 0.1) is 0 Å². The van der Waals surface area contributed by atoms with E-state index in [2.05, 4.69) is 118 Å². The minimum atomic E-state index is -0.272. The van der Waals surface area contributed by atoms with Crippen molar-refractivity contribution >= 4 is 27.3 Å². The largest absolute Gasteiger partial charge is 0.341 e. The fourth-order valence-corrected chi connectivity index (χ4v) is 6.14. The summed E-state index contributed by atoms with van der Waals surface area (Å²) in [6.45, 7) is 1.03. The molecule has 31 heavy (non-hydrogen) atoms. The first-order valence-corrected chi connectivity index (χ1v) is 12.2. The molecule has 1 aliphatic carbocycles. The Labute approximate surface area is 192 Å². The lowest BCUT2D eigenvalue weighted by atomic mass is 9.65. The van der Waals surface area contributed by atoms with Crippen LogP contribution in [0.15, 0.2) is 97.1 Å². The lowest BCUT2D eigenvalue weighted by Crippen LogP contribution is -2.38. The highest BCUT2D eigenvalue weighted by Gasteiger charge is 2.50. The van der Waals surface area contributed by atoms with Crippen molar-refractivity contribution in [2.45, 2.75) is 18.3 Å². The predicted octanol–water partition coefficient (Wildman–Crippen LogP) is 7.68. The molecule has 0 amide bonds. The molecule has 0 saturated heterocycles. The average Bonchev–Trinajstić information content (AvgIpc) is 3.13. The van der Waals surface area contributed by atoms with Crippen molar-refractivity contribution in [1.29, 1.82) is 0 Å². The van der Waals surface area contributed by atoms with Crippen LogP contribution in [-0.2, 0) is 5.41 Å². The van der Waals surface area contributed by atoms with E-state index >= 15 is 0 Å². The Balaban J connectivity index is 1.71. The second-order valence-corrected chi connectivity index (χ2v) is 9.22.